The highest BCUT2D eigenvalue weighted by Gasteiger charge is 2.40. The molecule has 57 heavy (non-hydrogen) atoms. The van der Waals surface area contributed by atoms with Gasteiger partial charge < -0.3 is 14.5 Å². The number of pyridine rings is 1. The van der Waals surface area contributed by atoms with Crippen LogP contribution in [-0.4, -0.2) is 16.2 Å². The molecular weight excluding hydrogens is 697 g/mol. The van der Waals surface area contributed by atoms with Crippen LogP contribution in [0.5, 0.6) is 11.5 Å². The SMILES string of the molecule is Cc1ccnc(-n2c3ccccc3c3ccc(Oc4cccc(N5CN(c6c(-c7ccccc7)ccc7c6-c6ccccc6C7(C)C)c6ccccc65)c4)cc32)c1. The zero-order valence-corrected chi connectivity index (χ0v) is 32.1. The van der Waals surface area contributed by atoms with Crippen molar-refractivity contribution in [1.82, 2.24) is 9.55 Å². The predicted molar refractivity (Wildman–Crippen MR) is 235 cm³/mol. The molecule has 0 N–H and O–H groups in total. The Bertz CT molecular complexity index is 3030. The number of aromatic nitrogens is 2. The van der Waals surface area contributed by atoms with Crippen molar-refractivity contribution in [2.45, 2.75) is 26.2 Å². The van der Waals surface area contributed by atoms with E-state index >= 15 is 0 Å². The van der Waals surface area contributed by atoms with Gasteiger partial charge >= 0.3 is 0 Å². The Morgan fingerprint density at radius 1 is 0.561 bits per heavy atom. The first-order valence-electron chi connectivity index (χ1n) is 19.6. The Balaban J connectivity index is 1.00. The predicted octanol–water partition coefficient (Wildman–Crippen LogP) is 13.5. The Morgan fingerprint density at radius 2 is 1.30 bits per heavy atom. The molecule has 0 amide bonds. The molecular formula is C52H40N4O. The molecule has 274 valence electrons. The fourth-order valence-electron chi connectivity index (χ4n) is 9.29. The minimum atomic E-state index is -0.117. The van der Waals surface area contributed by atoms with E-state index in [4.69, 9.17) is 9.72 Å². The van der Waals surface area contributed by atoms with Crippen LogP contribution in [0.1, 0.15) is 30.5 Å². The molecule has 2 aromatic heterocycles. The number of anilines is 4. The standard InChI is InChI=1S/C52H40N4O/c1-34-28-29-53-49(30-34)56-45-21-10-8-18-40(45)41-25-24-38(32-48(41)56)57-37-17-13-16-36(31-37)54-33-55(47-23-12-11-22-46(47)54)51-39(35-14-5-4-6-15-35)26-27-44-50(51)42-19-7-9-20-43(42)52(44,2)3/h4-32H,33H2,1-3H3. The Kier molecular flexibility index (Phi) is 7.42. The average Bonchev–Trinajstić information content (AvgIpc) is 3.87. The smallest absolute Gasteiger partial charge is 0.137 e. The zero-order chi connectivity index (χ0) is 38.3. The lowest BCUT2D eigenvalue weighted by molar-refractivity contribution is 0.483. The lowest BCUT2D eigenvalue weighted by atomic mass is 9.82. The van der Waals surface area contributed by atoms with Crippen LogP contribution in [0.25, 0.3) is 49.9 Å². The van der Waals surface area contributed by atoms with Crippen molar-refractivity contribution in [3.05, 3.63) is 193 Å². The van der Waals surface area contributed by atoms with Crippen molar-refractivity contribution in [2.75, 3.05) is 16.5 Å². The Morgan fingerprint density at radius 3 is 2.16 bits per heavy atom. The topological polar surface area (TPSA) is 33.5 Å². The number of aryl methyl sites for hydroxylation is 1. The van der Waals surface area contributed by atoms with Crippen molar-refractivity contribution in [3.63, 3.8) is 0 Å². The van der Waals surface area contributed by atoms with Gasteiger partial charge in [0.2, 0.25) is 0 Å². The normalized spacial score (nSPS) is 13.9. The van der Waals surface area contributed by atoms with Gasteiger partial charge in [0.1, 0.15) is 24.0 Å². The summed E-state index contributed by atoms with van der Waals surface area (Å²) in [5.74, 6) is 2.44. The monoisotopic (exact) mass is 736 g/mol. The van der Waals surface area contributed by atoms with Gasteiger partial charge in [-0.3, -0.25) is 4.57 Å². The fraction of sp³-hybridized carbons (Fsp3) is 0.0962. The van der Waals surface area contributed by atoms with Gasteiger partial charge in [-0.25, -0.2) is 4.98 Å². The second kappa shape index (κ2) is 12.7. The number of rotatable bonds is 6. The first-order valence-corrected chi connectivity index (χ1v) is 19.6. The highest BCUT2D eigenvalue weighted by Crippen LogP contribution is 2.57. The molecule has 0 atom stereocenters. The van der Waals surface area contributed by atoms with E-state index in [1.807, 2.05) is 18.3 Å². The van der Waals surface area contributed by atoms with Crippen molar-refractivity contribution < 1.29 is 4.74 Å². The second-order valence-electron chi connectivity index (χ2n) is 15.7. The van der Waals surface area contributed by atoms with E-state index in [9.17, 15) is 0 Å². The van der Waals surface area contributed by atoms with E-state index < -0.39 is 0 Å². The van der Waals surface area contributed by atoms with Gasteiger partial charge in [-0.2, -0.15) is 0 Å². The summed E-state index contributed by atoms with van der Waals surface area (Å²) in [6.45, 7) is 7.47. The molecule has 0 saturated heterocycles. The molecule has 1 aliphatic heterocycles. The van der Waals surface area contributed by atoms with Gasteiger partial charge in [0, 0.05) is 51.3 Å². The summed E-state index contributed by atoms with van der Waals surface area (Å²) in [6.07, 6.45) is 1.88. The summed E-state index contributed by atoms with van der Waals surface area (Å²) in [4.78, 5) is 9.70. The van der Waals surface area contributed by atoms with Crippen LogP contribution < -0.4 is 14.5 Å². The highest BCUT2D eigenvalue weighted by molar-refractivity contribution is 6.09. The van der Waals surface area contributed by atoms with E-state index in [1.54, 1.807) is 0 Å². The van der Waals surface area contributed by atoms with Crippen LogP contribution >= 0.6 is 0 Å². The third-order valence-corrected chi connectivity index (χ3v) is 12.0. The molecule has 0 unspecified atom stereocenters. The fourth-order valence-corrected chi connectivity index (χ4v) is 9.29. The Labute approximate surface area is 332 Å². The summed E-state index contributed by atoms with van der Waals surface area (Å²) >= 11 is 0. The van der Waals surface area contributed by atoms with Crippen molar-refractivity contribution in [2.24, 2.45) is 0 Å². The van der Waals surface area contributed by atoms with Gasteiger partial charge in [0.05, 0.1) is 28.1 Å². The molecule has 0 fully saturated rings. The number of benzene rings is 7. The van der Waals surface area contributed by atoms with Crippen LogP contribution in [0.3, 0.4) is 0 Å². The van der Waals surface area contributed by atoms with Gasteiger partial charge in [0.15, 0.2) is 0 Å². The maximum Gasteiger partial charge on any atom is 0.137 e. The van der Waals surface area contributed by atoms with Gasteiger partial charge in [-0.05, 0) is 89.3 Å². The Hall–Kier alpha value is -7.11. The van der Waals surface area contributed by atoms with Gasteiger partial charge in [-0.1, -0.05) is 117 Å². The quantitative estimate of drug-likeness (QED) is 0.170. The summed E-state index contributed by atoms with van der Waals surface area (Å²) in [5.41, 5.74) is 15.7. The minimum absolute atomic E-state index is 0.117. The first-order chi connectivity index (χ1) is 27.9. The molecule has 0 radical (unpaired) electrons. The number of hydrogen-bond acceptors (Lipinski definition) is 4. The number of ether oxygens (including phenoxy) is 1. The lowest BCUT2D eigenvalue weighted by Gasteiger charge is -2.28. The molecule has 0 bridgehead atoms. The molecule has 2 aliphatic rings. The summed E-state index contributed by atoms with van der Waals surface area (Å²) < 4.78 is 8.96. The molecule has 1 aliphatic carbocycles. The summed E-state index contributed by atoms with van der Waals surface area (Å²) in [7, 11) is 0. The largest absolute Gasteiger partial charge is 0.457 e. The van der Waals surface area contributed by atoms with E-state index in [1.165, 1.54) is 55.7 Å². The van der Waals surface area contributed by atoms with Crippen LogP contribution in [-0.2, 0) is 5.41 Å². The maximum absolute atomic E-state index is 6.72. The maximum atomic E-state index is 6.72. The van der Waals surface area contributed by atoms with Crippen LogP contribution in [0.2, 0.25) is 0 Å². The number of hydrogen-bond donors (Lipinski definition) is 0. The van der Waals surface area contributed by atoms with Crippen LogP contribution in [0.4, 0.5) is 22.7 Å². The molecule has 0 spiro atoms. The first kappa shape index (κ1) is 33.2. The lowest BCUT2D eigenvalue weighted by Crippen LogP contribution is -2.25. The number of nitrogens with zero attached hydrogens (tertiary/aromatic N) is 4. The van der Waals surface area contributed by atoms with Gasteiger partial charge in [-0.15, -0.1) is 0 Å². The zero-order valence-electron chi connectivity index (χ0n) is 32.1. The molecule has 11 rings (SSSR count). The third kappa shape index (κ3) is 5.19. The summed E-state index contributed by atoms with van der Waals surface area (Å²) in [5, 5.41) is 2.35. The third-order valence-electron chi connectivity index (χ3n) is 12.0. The average molecular weight is 737 g/mol. The van der Waals surface area contributed by atoms with Crippen LogP contribution in [0, 0.1) is 6.92 Å². The number of para-hydroxylation sites is 3. The molecule has 0 saturated carbocycles. The molecule has 5 nitrogen and oxygen atoms in total. The van der Waals surface area contributed by atoms with Crippen LogP contribution in [0.15, 0.2) is 176 Å². The van der Waals surface area contributed by atoms with E-state index in [2.05, 4.69) is 193 Å². The van der Waals surface area contributed by atoms with Crippen molar-refractivity contribution in [3.8, 4) is 39.6 Å². The van der Waals surface area contributed by atoms with Crippen molar-refractivity contribution >= 4 is 44.6 Å². The highest BCUT2D eigenvalue weighted by atomic mass is 16.5. The van der Waals surface area contributed by atoms with Crippen molar-refractivity contribution in [1.29, 1.82) is 0 Å². The molecule has 7 aromatic carbocycles. The minimum Gasteiger partial charge on any atom is -0.457 e. The number of fused-ring (bicyclic) bond motifs is 7. The second-order valence-corrected chi connectivity index (χ2v) is 15.7. The van der Waals surface area contributed by atoms with Gasteiger partial charge in [0.25, 0.3) is 0 Å². The summed E-state index contributed by atoms with van der Waals surface area (Å²) in [6, 6.07) is 60.8. The molecule has 9 aromatic rings. The molecule has 5 heteroatoms. The van der Waals surface area contributed by atoms with E-state index in [0.717, 1.165) is 45.1 Å². The van der Waals surface area contributed by atoms with E-state index in [0.29, 0.717) is 6.67 Å². The molecule has 3 heterocycles. The van der Waals surface area contributed by atoms with E-state index in [-0.39, 0.29) is 5.41 Å².